The topological polar surface area (TPSA) is 58.6 Å². The summed E-state index contributed by atoms with van der Waals surface area (Å²) in [5.41, 5.74) is 0.888. The summed E-state index contributed by atoms with van der Waals surface area (Å²) >= 11 is 5.92. The van der Waals surface area contributed by atoms with Gasteiger partial charge in [-0.2, -0.15) is 12.7 Å². The second kappa shape index (κ2) is 5.54. The minimum atomic E-state index is -3.40. The molecule has 0 aliphatic carbocycles. The average Bonchev–Trinajstić information content (AvgIpc) is 2.39. The van der Waals surface area contributed by atoms with Gasteiger partial charge < -0.3 is 4.74 Å². The SMILES string of the molecule is CNS(=O)(=O)N1CCOC(c2cccc(Cl)c2)C1. The molecule has 0 aromatic heterocycles. The van der Waals surface area contributed by atoms with E-state index in [4.69, 9.17) is 16.3 Å². The molecule has 0 saturated carbocycles. The first kappa shape index (κ1) is 13.8. The molecule has 2 rings (SSSR count). The Morgan fingerprint density at radius 2 is 2.28 bits per heavy atom. The van der Waals surface area contributed by atoms with E-state index in [2.05, 4.69) is 4.72 Å². The molecule has 1 aliphatic heterocycles. The molecule has 100 valence electrons. The third-order valence-electron chi connectivity index (χ3n) is 2.85. The molecule has 7 heteroatoms. The first-order valence-electron chi connectivity index (χ1n) is 5.58. The van der Waals surface area contributed by atoms with Crippen molar-refractivity contribution in [3.8, 4) is 0 Å². The molecule has 1 aromatic rings. The predicted octanol–water partition coefficient (Wildman–Crippen LogP) is 1.18. The van der Waals surface area contributed by atoms with E-state index in [0.29, 0.717) is 24.7 Å². The molecule has 1 aromatic carbocycles. The molecule has 1 atom stereocenters. The van der Waals surface area contributed by atoms with Crippen LogP contribution in [0.4, 0.5) is 0 Å². The molecular weight excluding hydrogens is 276 g/mol. The summed E-state index contributed by atoms with van der Waals surface area (Å²) in [5, 5.41) is 0.615. The minimum absolute atomic E-state index is 0.277. The van der Waals surface area contributed by atoms with E-state index < -0.39 is 10.2 Å². The molecule has 1 saturated heterocycles. The lowest BCUT2D eigenvalue weighted by molar-refractivity contribution is -0.00284. The van der Waals surface area contributed by atoms with Crippen LogP contribution in [-0.2, 0) is 14.9 Å². The Balaban J connectivity index is 2.17. The number of nitrogens with one attached hydrogen (secondary N) is 1. The van der Waals surface area contributed by atoms with Crippen LogP contribution in [0, 0.1) is 0 Å². The Hall–Kier alpha value is -0.660. The molecule has 1 heterocycles. The summed E-state index contributed by atoms with van der Waals surface area (Å²) in [6.07, 6.45) is -0.277. The van der Waals surface area contributed by atoms with E-state index in [9.17, 15) is 8.42 Å². The zero-order valence-electron chi connectivity index (χ0n) is 9.97. The van der Waals surface area contributed by atoms with Crippen LogP contribution >= 0.6 is 11.6 Å². The van der Waals surface area contributed by atoms with E-state index in [1.54, 1.807) is 12.1 Å². The summed E-state index contributed by atoms with van der Waals surface area (Å²) < 4.78 is 32.7. The number of halogens is 1. The smallest absolute Gasteiger partial charge is 0.279 e. The van der Waals surface area contributed by atoms with Gasteiger partial charge in [0.05, 0.1) is 12.7 Å². The monoisotopic (exact) mass is 290 g/mol. The third kappa shape index (κ3) is 3.02. The van der Waals surface area contributed by atoms with Crippen LogP contribution < -0.4 is 4.72 Å². The normalized spacial score (nSPS) is 22.0. The van der Waals surface area contributed by atoms with Crippen LogP contribution in [0.3, 0.4) is 0 Å². The maximum atomic E-state index is 11.7. The number of morpholine rings is 1. The number of hydrogen-bond acceptors (Lipinski definition) is 3. The first-order chi connectivity index (χ1) is 8.53. The molecule has 1 aliphatic rings. The van der Waals surface area contributed by atoms with Crippen molar-refractivity contribution < 1.29 is 13.2 Å². The number of benzene rings is 1. The van der Waals surface area contributed by atoms with Crippen LogP contribution in [0.5, 0.6) is 0 Å². The van der Waals surface area contributed by atoms with Gasteiger partial charge in [0.2, 0.25) is 0 Å². The molecule has 0 bridgehead atoms. The van der Waals surface area contributed by atoms with Crippen molar-refractivity contribution in [2.24, 2.45) is 0 Å². The molecule has 1 N–H and O–H groups in total. The lowest BCUT2D eigenvalue weighted by Crippen LogP contribution is -2.46. The lowest BCUT2D eigenvalue weighted by atomic mass is 10.1. The summed E-state index contributed by atoms with van der Waals surface area (Å²) in [6.45, 7) is 1.03. The van der Waals surface area contributed by atoms with Crippen molar-refractivity contribution in [2.45, 2.75) is 6.10 Å². The molecule has 0 spiro atoms. The highest BCUT2D eigenvalue weighted by Gasteiger charge is 2.29. The lowest BCUT2D eigenvalue weighted by Gasteiger charge is -2.32. The number of ether oxygens (including phenoxy) is 1. The summed E-state index contributed by atoms with van der Waals surface area (Å²) in [5.74, 6) is 0. The molecule has 1 fully saturated rings. The third-order valence-corrected chi connectivity index (χ3v) is 4.61. The fourth-order valence-corrected chi connectivity index (χ4v) is 2.99. The summed E-state index contributed by atoms with van der Waals surface area (Å²) in [6, 6.07) is 7.27. The summed E-state index contributed by atoms with van der Waals surface area (Å²) in [7, 11) is -2.00. The van der Waals surface area contributed by atoms with Gasteiger partial charge in [0.1, 0.15) is 0 Å². The Morgan fingerprint density at radius 1 is 1.50 bits per heavy atom. The van der Waals surface area contributed by atoms with Crippen molar-refractivity contribution in [1.29, 1.82) is 0 Å². The highest BCUT2D eigenvalue weighted by atomic mass is 35.5. The highest BCUT2D eigenvalue weighted by Crippen LogP contribution is 2.25. The zero-order valence-corrected chi connectivity index (χ0v) is 11.5. The van der Waals surface area contributed by atoms with Gasteiger partial charge in [-0.3, -0.25) is 0 Å². The largest absolute Gasteiger partial charge is 0.371 e. The molecule has 0 radical (unpaired) electrons. The Labute approximate surface area is 112 Å². The first-order valence-corrected chi connectivity index (χ1v) is 7.40. The minimum Gasteiger partial charge on any atom is -0.371 e. The predicted molar refractivity (Wildman–Crippen MR) is 69.7 cm³/mol. The van der Waals surface area contributed by atoms with E-state index in [-0.39, 0.29) is 6.10 Å². The van der Waals surface area contributed by atoms with E-state index in [1.807, 2.05) is 12.1 Å². The van der Waals surface area contributed by atoms with Crippen LogP contribution in [0.2, 0.25) is 5.02 Å². The van der Waals surface area contributed by atoms with Crippen molar-refractivity contribution >= 4 is 21.8 Å². The van der Waals surface area contributed by atoms with Crippen LogP contribution in [0.25, 0.3) is 0 Å². The van der Waals surface area contributed by atoms with Crippen LogP contribution in [-0.4, -0.2) is 39.5 Å². The Morgan fingerprint density at radius 3 is 2.94 bits per heavy atom. The van der Waals surface area contributed by atoms with Gasteiger partial charge in [-0.1, -0.05) is 23.7 Å². The van der Waals surface area contributed by atoms with Crippen molar-refractivity contribution in [2.75, 3.05) is 26.7 Å². The molecule has 0 amide bonds. The van der Waals surface area contributed by atoms with Crippen molar-refractivity contribution in [3.63, 3.8) is 0 Å². The average molecular weight is 291 g/mol. The van der Waals surface area contributed by atoms with Gasteiger partial charge >= 0.3 is 0 Å². The molecule has 5 nitrogen and oxygen atoms in total. The fourth-order valence-electron chi connectivity index (χ4n) is 1.88. The highest BCUT2D eigenvalue weighted by molar-refractivity contribution is 7.87. The van der Waals surface area contributed by atoms with E-state index >= 15 is 0 Å². The maximum absolute atomic E-state index is 11.7. The van der Waals surface area contributed by atoms with Crippen LogP contribution in [0.15, 0.2) is 24.3 Å². The maximum Gasteiger partial charge on any atom is 0.279 e. The number of nitrogens with zero attached hydrogens (tertiary/aromatic N) is 1. The van der Waals surface area contributed by atoms with Crippen molar-refractivity contribution in [1.82, 2.24) is 9.03 Å². The van der Waals surface area contributed by atoms with E-state index in [0.717, 1.165) is 5.56 Å². The van der Waals surface area contributed by atoms with Gasteiger partial charge in [-0.25, -0.2) is 4.72 Å². The van der Waals surface area contributed by atoms with Gasteiger partial charge in [-0.15, -0.1) is 0 Å². The van der Waals surface area contributed by atoms with Crippen molar-refractivity contribution in [3.05, 3.63) is 34.9 Å². The van der Waals surface area contributed by atoms with Gasteiger partial charge in [0.15, 0.2) is 0 Å². The number of rotatable bonds is 3. The fraction of sp³-hybridized carbons (Fsp3) is 0.455. The number of hydrogen-bond donors (Lipinski definition) is 1. The standard InChI is InChI=1S/C11H15ClN2O3S/c1-13-18(15,16)14-5-6-17-11(8-14)9-3-2-4-10(12)7-9/h2-4,7,11,13H,5-6,8H2,1H3. The Kier molecular flexibility index (Phi) is 4.24. The van der Waals surface area contributed by atoms with E-state index in [1.165, 1.54) is 11.4 Å². The molecular formula is C11H15ClN2O3S. The second-order valence-electron chi connectivity index (χ2n) is 3.98. The second-order valence-corrected chi connectivity index (χ2v) is 6.29. The van der Waals surface area contributed by atoms with Crippen LogP contribution in [0.1, 0.15) is 11.7 Å². The van der Waals surface area contributed by atoms with Gasteiger partial charge in [0, 0.05) is 25.2 Å². The van der Waals surface area contributed by atoms with Gasteiger partial charge in [0.25, 0.3) is 10.2 Å². The molecule has 1 unspecified atom stereocenters. The quantitative estimate of drug-likeness (QED) is 0.909. The molecule has 18 heavy (non-hydrogen) atoms. The zero-order chi connectivity index (χ0) is 13.2. The van der Waals surface area contributed by atoms with Gasteiger partial charge in [-0.05, 0) is 17.7 Å². The summed E-state index contributed by atoms with van der Waals surface area (Å²) in [4.78, 5) is 0. The Bertz CT molecular complexity index is 521.